The quantitative estimate of drug-likeness (QED) is 0.623. The molecule has 0 heterocycles. The van der Waals surface area contributed by atoms with Crippen LogP contribution in [0.2, 0.25) is 0 Å². The molecule has 0 spiro atoms. The van der Waals surface area contributed by atoms with Gasteiger partial charge in [0, 0.05) is 24.0 Å². The number of hydrogen-bond donors (Lipinski definition) is 2. The first-order chi connectivity index (χ1) is 11.9. The molecule has 6 nitrogen and oxygen atoms in total. The number of hydrogen-bond acceptors (Lipinski definition) is 5. The monoisotopic (exact) mass is 340 g/mol. The van der Waals surface area contributed by atoms with Crippen molar-refractivity contribution < 1.29 is 19.1 Å². The van der Waals surface area contributed by atoms with Gasteiger partial charge >= 0.3 is 5.97 Å². The van der Waals surface area contributed by atoms with Crippen molar-refractivity contribution in [3.8, 4) is 0 Å². The van der Waals surface area contributed by atoms with Crippen LogP contribution in [0, 0.1) is 0 Å². The molecule has 25 heavy (non-hydrogen) atoms. The van der Waals surface area contributed by atoms with Crippen molar-refractivity contribution >= 4 is 29.0 Å². The van der Waals surface area contributed by atoms with Crippen molar-refractivity contribution in [3.05, 3.63) is 59.7 Å². The van der Waals surface area contributed by atoms with E-state index >= 15 is 0 Å². The van der Waals surface area contributed by atoms with Crippen LogP contribution in [0.1, 0.15) is 34.6 Å². The molecule has 2 N–H and O–H groups in total. The van der Waals surface area contributed by atoms with Crippen LogP contribution >= 0.6 is 0 Å². The maximum absolute atomic E-state index is 12.2. The van der Waals surface area contributed by atoms with Gasteiger partial charge in [-0.3, -0.25) is 9.59 Å². The number of carbonyl (C=O) groups is 3. The van der Waals surface area contributed by atoms with Crippen LogP contribution in [-0.4, -0.2) is 30.8 Å². The molecule has 1 atom stereocenters. The van der Waals surface area contributed by atoms with Gasteiger partial charge in [-0.2, -0.15) is 0 Å². The summed E-state index contributed by atoms with van der Waals surface area (Å²) in [5.41, 5.74) is 1.93. The second-order valence-electron chi connectivity index (χ2n) is 5.47. The van der Waals surface area contributed by atoms with Gasteiger partial charge in [-0.15, -0.1) is 0 Å². The van der Waals surface area contributed by atoms with Gasteiger partial charge in [0.15, 0.2) is 11.9 Å². The van der Waals surface area contributed by atoms with Crippen molar-refractivity contribution in [2.24, 2.45) is 0 Å². The Kier molecular flexibility index (Phi) is 5.89. The summed E-state index contributed by atoms with van der Waals surface area (Å²) in [6, 6.07) is 13.4. The van der Waals surface area contributed by atoms with E-state index in [1.54, 1.807) is 55.6 Å². The number of ether oxygens (including phenoxy) is 1. The van der Waals surface area contributed by atoms with E-state index in [0.29, 0.717) is 22.5 Å². The molecule has 2 aromatic carbocycles. The van der Waals surface area contributed by atoms with Crippen molar-refractivity contribution in [1.29, 1.82) is 0 Å². The fourth-order valence-electron chi connectivity index (χ4n) is 2.22. The molecule has 0 fully saturated rings. The first-order valence-electron chi connectivity index (χ1n) is 7.82. The summed E-state index contributed by atoms with van der Waals surface area (Å²) >= 11 is 0. The zero-order chi connectivity index (χ0) is 18.4. The van der Waals surface area contributed by atoms with Gasteiger partial charge in [0.1, 0.15) is 0 Å². The summed E-state index contributed by atoms with van der Waals surface area (Å²) in [5.74, 6) is -1.17. The predicted molar refractivity (Wildman–Crippen MR) is 95.9 cm³/mol. The Labute approximate surface area is 146 Å². The van der Waals surface area contributed by atoms with Gasteiger partial charge in [0.05, 0.1) is 5.56 Å². The first kappa shape index (κ1) is 18.2. The molecule has 2 aromatic rings. The van der Waals surface area contributed by atoms with Gasteiger partial charge in [-0.25, -0.2) is 4.79 Å². The van der Waals surface area contributed by atoms with Crippen molar-refractivity contribution in [2.45, 2.75) is 20.0 Å². The molecular formula is C19H20N2O4. The lowest BCUT2D eigenvalue weighted by Crippen LogP contribution is -2.30. The van der Waals surface area contributed by atoms with Gasteiger partial charge in [-0.05, 0) is 38.1 Å². The number of esters is 1. The molecule has 1 amide bonds. The standard InChI is InChI=1S/C19H20N2O4/c1-12(22)14-7-6-8-15(11-14)21-18(23)13(2)25-19(24)16-9-4-5-10-17(16)20-3/h4-11,13,20H,1-3H3,(H,21,23)/t13-/m1/s1. The van der Waals surface area contributed by atoms with Crippen LogP contribution in [0.25, 0.3) is 0 Å². The summed E-state index contributed by atoms with van der Waals surface area (Å²) in [6.45, 7) is 2.94. The van der Waals surface area contributed by atoms with E-state index in [-0.39, 0.29) is 5.78 Å². The Bertz CT molecular complexity index is 802. The third-order valence-corrected chi connectivity index (χ3v) is 3.61. The van der Waals surface area contributed by atoms with E-state index in [1.165, 1.54) is 13.8 Å². The fraction of sp³-hybridized carbons (Fsp3) is 0.211. The average Bonchev–Trinajstić information content (AvgIpc) is 2.61. The molecule has 6 heteroatoms. The number of nitrogens with one attached hydrogen (secondary N) is 2. The lowest BCUT2D eigenvalue weighted by atomic mass is 10.1. The van der Waals surface area contributed by atoms with E-state index in [4.69, 9.17) is 4.74 Å². The number of amides is 1. The van der Waals surface area contributed by atoms with E-state index in [0.717, 1.165) is 0 Å². The number of anilines is 2. The van der Waals surface area contributed by atoms with Crippen LogP contribution in [0.3, 0.4) is 0 Å². The molecule has 0 aliphatic rings. The third-order valence-electron chi connectivity index (χ3n) is 3.61. The fourth-order valence-corrected chi connectivity index (χ4v) is 2.22. The molecule has 0 aliphatic heterocycles. The smallest absolute Gasteiger partial charge is 0.341 e. The molecule has 2 rings (SSSR count). The van der Waals surface area contributed by atoms with Crippen molar-refractivity contribution in [2.75, 3.05) is 17.7 Å². The van der Waals surface area contributed by atoms with E-state index in [9.17, 15) is 14.4 Å². The summed E-state index contributed by atoms with van der Waals surface area (Å²) in [7, 11) is 1.70. The predicted octanol–water partition coefficient (Wildman–Crippen LogP) is 3.11. The number of benzene rings is 2. The van der Waals surface area contributed by atoms with Crippen LogP contribution in [-0.2, 0) is 9.53 Å². The van der Waals surface area contributed by atoms with E-state index in [1.807, 2.05) is 0 Å². The maximum Gasteiger partial charge on any atom is 0.341 e. The minimum absolute atomic E-state index is 0.0979. The molecule has 0 saturated heterocycles. The minimum Gasteiger partial charge on any atom is -0.449 e. The largest absolute Gasteiger partial charge is 0.449 e. The topological polar surface area (TPSA) is 84.5 Å². The zero-order valence-electron chi connectivity index (χ0n) is 14.3. The first-order valence-corrected chi connectivity index (χ1v) is 7.82. The highest BCUT2D eigenvalue weighted by atomic mass is 16.5. The number of Topliss-reactive ketones (excluding diaryl/α,β-unsaturated/α-hetero) is 1. The Morgan fingerprint density at radius 3 is 2.44 bits per heavy atom. The van der Waals surface area contributed by atoms with E-state index < -0.39 is 18.0 Å². The lowest BCUT2D eigenvalue weighted by Gasteiger charge is -2.15. The Hall–Kier alpha value is -3.15. The maximum atomic E-state index is 12.2. The molecule has 130 valence electrons. The van der Waals surface area contributed by atoms with Crippen molar-refractivity contribution in [3.63, 3.8) is 0 Å². The molecule has 0 saturated carbocycles. The number of ketones is 1. The van der Waals surface area contributed by atoms with Crippen LogP contribution < -0.4 is 10.6 Å². The highest BCUT2D eigenvalue weighted by Gasteiger charge is 2.20. The summed E-state index contributed by atoms with van der Waals surface area (Å²) in [4.78, 5) is 35.9. The van der Waals surface area contributed by atoms with Crippen LogP contribution in [0.15, 0.2) is 48.5 Å². The summed E-state index contributed by atoms with van der Waals surface area (Å²) in [6.07, 6.45) is -0.988. The Morgan fingerprint density at radius 1 is 1.04 bits per heavy atom. The van der Waals surface area contributed by atoms with E-state index in [2.05, 4.69) is 10.6 Å². The average molecular weight is 340 g/mol. The Morgan fingerprint density at radius 2 is 1.76 bits per heavy atom. The van der Waals surface area contributed by atoms with Crippen LogP contribution in [0.5, 0.6) is 0 Å². The Balaban J connectivity index is 2.04. The molecule has 0 radical (unpaired) electrons. The third kappa shape index (κ3) is 4.67. The normalized spacial score (nSPS) is 11.3. The van der Waals surface area contributed by atoms with Gasteiger partial charge in [0.25, 0.3) is 5.91 Å². The molecule has 0 unspecified atom stereocenters. The number of rotatable bonds is 6. The minimum atomic E-state index is -0.988. The SMILES string of the molecule is CNc1ccccc1C(=O)O[C@H](C)C(=O)Nc1cccc(C(C)=O)c1. The summed E-state index contributed by atoms with van der Waals surface area (Å²) < 4.78 is 5.23. The second kappa shape index (κ2) is 8.10. The number of carbonyl (C=O) groups excluding carboxylic acids is 3. The van der Waals surface area contributed by atoms with Gasteiger partial charge in [0.2, 0.25) is 0 Å². The lowest BCUT2D eigenvalue weighted by molar-refractivity contribution is -0.123. The van der Waals surface area contributed by atoms with Gasteiger partial charge < -0.3 is 15.4 Å². The summed E-state index contributed by atoms with van der Waals surface area (Å²) in [5, 5.41) is 5.54. The highest BCUT2D eigenvalue weighted by Crippen LogP contribution is 2.17. The zero-order valence-corrected chi connectivity index (χ0v) is 14.3. The molecule has 0 bridgehead atoms. The second-order valence-corrected chi connectivity index (χ2v) is 5.47. The highest BCUT2D eigenvalue weighted by molar-refractivity contribution is 6.00. The number of para-hydroxylation sites is 1. The van der Waals surface area contributed by atoms with Gasteiger partial charge in [-0.1, -0.05) is 24.3 Å². The molecule has 0 aliphatic carbocycles. The van der Waals surface area contributed by atoms with Crippen molar-refractivity contribution in [1.82, 2.24) is 0 Å². The molecule has 0 aromatic heterocycles. The van der Waals surface area contributed by atoms with Crippen LogP contribution in [0.4, 0.5) is 11.4 Å². The molecular weight excluding hydrogens is 320 g/mol.